The van der Waals surface area contributed by atoms with Gasteiger partial charge in [0.2, 0.25) is 0 Å². The molecule has 0 saturated heterocycles. The van der Waals surface area contributed by atoms with Crippen molar-refractivity contribution in [3.05, 3.63) is 12.2 Å². The van der Waals surface area contributed by atoms with Crippen molar-refractivity contribution in [2.75, 3.05) is 13.6 Å². The van der Waals surface area contributed by atoms with Crippen molar-refractivity contribution >= 4 is 5.78 Å². The molecule has 90 valence electrons. The fourth-order valence-electron chi connectivity index (χ4n) is 1.55. The van der Waals surface area contributed by atoms with Gasteiger partial charge in [0.05, 0.1) is 6.42 Å². The summed E-state index contributed by atoms with van der Waals surface area (Å²) in [4.78, 5) is 15.8. The standard InChI is InChI=1S/C11H20N4O/c1-3-7-15-11(13-9-14-15)8-10(16)5-4-6-12-2/h9,12H,3-8H2,1-2H3. The number of carbonyl (C=O) groups excluding carboxylic acids is 1. The first-order chi connectivity index (χ1) is 7.77. The summed E-state index contributed by atoms with van der Waals surface area (Å²) in [5.74, 6) is 1.02. The molecule has 0 radical (unpaired) electrons. The summed E-state index contributed by atoms with van der Waals surface area (Å²) in [6.45, 7) is 3.80. The van der Waals surface area contributed by atoms with E-state index in [1.807, 2.05) is 11.7 Å². The second-order valence-electron chi connectivity index (χ2n) is 3.82. The van der Waals surface area contributed by atoms with Crippen LogP contribution in [-0.2, 0) is 17.8 Å². The van der Waals surface area contributed by atoms with Crippen LogP contribution >= 0.6 is 0 Å². The topological polar surface area (TPSA) is 59.8 Å². The molecule has 0 amide bonds. The molecule has 1 heterocycles. The molecule has 1 aromatic heterocycles. The van der Waals surface area contributed by atoms with Gasteiger partial charge in [0, 0.05) is 13.0 Å². The predicted molar refractivity (Wildman–Crippen MR) is 62.2 cm³/mol. The van der Waals surface area contributed by atoms with Crippen LogP contribution in [0.1, 0.15) is 32.0 Å². The summed E-state index contributed by atoms with van der Waals surface area (Å²) >= 11 is 0. The monoisotopic (exact) mass is 224 g/mol. The fraction of sp³-hybridized carbons (Fsp3) is 0.727. The summed E-state index contributed by atoms with van der Waals surface area (Å²) in [6.07, 6.45) is 4.43. The van der Waals surface area contributed by atoms with Crippen LogP contribution in [0, 0.1) is 0 Å². The average molecular weight is 224 g/mol. The lowest BCUT2D eigenvalue weighted by molar-refractivity contribution is -0.118. The first-order valence-corrected chi connectivity index (χ1v) is 5.81. The highest BCUT2D eigenvalue weighted by Gasteiger charge is 2.09. The van der Waals surface area contributed by atoms with Gasteiger partial charge < -0.3 is 5.32 Å². The van der Waals surface area contributed by atoms with E-state index in [1.54, 1.807) is 0 Å². The minimum absolute atomic E-state index is 0.237. The Kier molecular flexibility index (Phi) is 5.71. The summed E-state index contributed by atoms with van der Waals surface area (Å²) < 4.78 is 1.82. The molecular weight excluding hydrogens is 204 g/mol. The Morgan fingerprint density at radius 1 is 1.56 bits per heavy atom. The Morgan fingerprint density at radius 3 is 3.06 bits per heavy atom. The van der Waals surface area contributed by atoms with Crippen LogP contribution in [0.2, 0.25) is 0 Å². The molecule has 0 spiro atoms. The predicted octanol–water partition coefficient (Wildman–Crippen LogP) is 0.799. The Labute approximate surface area is 96.3 Å². The molecule has 1 N–H and O–H groups in total. The lowest BCUT2D eigenvalue weighted by Gasteiger charge is -2.03. The van der Waals surface area contributed by atoms with Gasteiger partial charge in [0.15, 0.2) is 0 Å². The van der Waals surface area contributed by atoms with Gasteiger partial charge in [-0.05, 0) is 26.4 Å². The zero-order valence-corrected chi connectivity index (χ0v) is 10.1. The third-order valence-corrected chi connectivity index (χ3v) is 2.37. The number of rotatable bonds is 8. The molecule has 0 atom stereocenters. The zero-order chi connectivity index (χ0) is 11.8. The molecule has 0 aliphatic heterocycles. The molecule has 0 aromatic carbocycles. The van der Waals surface area contributed by atoms with Crippen molar-refractivity contribution in [1.82, 2.24) is 20.1 Å². The number of Topliss-reactive ketones (excluding diaryl/α,β-unsaturated/α-hetero) is 1. The van der Waals surface area contributed by atoms with Crippen LogP contribution in [0.25, 0.3) is 0 Å². The van der Waals surface area contributed by atoms with E-state index in [4.69, 9.17) is 0 Å². The van der Waals surface area contributed by atoms with Gasteiger partial charge in [-0.25, -0.2) is 9.67 Å². The first kappa shape index (κ1) is 12.8. The lowest BCUT2D eigenvalue weighted by atomic mass is 10.1. The maximum atomic E-state index is 11.6. The Morgan fingerprint density at radius 2 is 2.38 bits per heavy atom. The number of hydrogen-bond acceptors (Lipinski definition) is 4. The second-order valence-corrected chi connectivity index (χ2v) is 3.82. The van der Waals surface area contributed by atoms with E-state index in [9.17, 15) is 4.79 Å². The van der Waals surface area contributed by atoms with Crippen molar-refractivity contribution in [2.24, 2.45) is 0 Å². The Bertz CT molecular complexity index is 322. The maximum absolute atomic E-state index is 11.6. The van der Waals surface area contributed by atoms with E-state index < -0.39 is 0 Å². The number of aromatic nitrogens is 3. The molecular formula is C11H20N4O. The Balaban J connectivity index is 2.39. The van der Waals surface area contributed by atoms with E-state index in [2.05, 4.69) is 22.3 Å². The second kappa shape index (κ2) is 7.11. The van der Waals surface area contributed by atoms with E-state index >= 15 is 0 Å². The highest BCUT2D eigenvalue weighted by molar-refractivity contribution is 5.80. The number of hydrogen-bond donors (Lipinski definition) is 1. The first-order valence-electron chi connectivity index (χ1n) is 5.81. The number of aryl methyl sites for hydroxylation is 1. The van der Waals surface area contributed by atoms with Gasteiger partial charge in [-0.1, -0.05) is 6.92 Å². The molecule has 5 heteroatoms. The molecule has 0 saturated carbocycles. The van der Waals surface area contributed by atoms with E-state index in [1.165, 1.54) is 6.33 Å². The van der Waals surface area contributed by atoms with Crippen LogP contribution in [0.4, 0.5) is 0 Å². The molecule has 5 nitrogen and oxygen atoms in total. The molecule has 0 aliphatic carbocycles. The van der Waals surface area contributed by atoms with E-state index in [-0.39, 0.29) is 5.78 Å². The van der Waals surface area contributed by atoms with Gasteiger partial charge in [-0.2, -0.15) is 5.10 Å². The SMILES string of the molecule is CCCn1ncnc1CC(=O)CCCNC. The van der Waals surface area contributed by atoms with Gasteiger partial charge in [0.1, 0.15) is 17.9 Å². The number of ketones is 1. The third-order valence-electron chi connectivity index (χ3n) is 2.37. The molecule has 0 bridgehead atoms. The van der Waals surface area contributed by atoms with Crippen LogP contribution < -0.4 is 5.32 Å². The molecule has 0 aliphatic rings. The minimum atomic E-state index is 0.237. The highest BCUT2D eigenvalue weighted by Crippen LogP contribution is 2.01. The van der Waals surface area contributed by atoms with Crippen LogP contribution in [0.15, 0.2) is 6.33 Å². The van der Waals surface area contributed by atoms with Gasteiger partial charge in [-0.3, -0.25) is 4.79 Å². The number of nitrogens with zero attached hydrogens (tertiary/aromatic N) is 3. The Hall–Kier alpha value is -1.23. The molecule has 16 heavy (non-hydrogen) atoms. The van der Waals surface area contributed by atoms with Gasteiger partial charge in [0.25, 0.3) is 0 Å². The smallest absolute Gasteiger partial charge is 0.140 e. The van der Waals surface area contributed by atoms with Crippen molar-refractivity contribution in [3.63, 3.8) is 0 Å². The minimum Gasteiger partial charge on any atom is -0.320 e. The highest BCUT2D eigenvalue weighted by atomic mass is 16.1. The summed E-state index contributed by atoms with van der Waals surface area (Å²) in [7, 11) is 1.89. The van der Waals surface area contributed by atoms with Crippen molar-refractivity contribution in [3.8, 4) is 0 Å². The van der Waals surface area contributed by atoms with Crippen molar-refractivity contribution in [1.29, 1.82) is 0 Å². The van der Waals surface area contributed by atoms with E-state index in [0.717, 1.165) is 31.8 Å². The summed E-state index contributed by atoms with van der Waals surface area (Å²) in [6, 6.07) is 0. The fourth-order valence-corrected chi connectivity index (χ4v) is 1.55. The maximum Gasteiger partial charge on any atom is 0.140 e. The largest absolute Gasteiger partial charge is 0.320 e. The summed E-state index contributed by atoms with van der Waals surface area (Å²) in [5, 5.41) is 7.12. The zero-order valence-electron chi connectivity index (χ0n) is 10.1. The number of nitrogens with one attached hydrogen (secondary N) is 1. The van der Waals surface area contributed by atoms with Crippen LogP contribution in [0.3, 0.4) is 0 Å². The van der Waals surface area contributed by atoms with Gasteiger partial charge in [-0.15, -0.1) is 0 Å². The van der Waals surface area contributed by atoms with Crippen LogP contribution in [0.5, 0.6) is 0 Å². The summed E-state index contributed by atoms with van der Waals surface area (Å²) in [5.41, 5.74) is 0. The average Bonchev–Trinajstić information content (AvgIpc) is 2.67. The van der Waals surface area contributed by atoms with Crippen molar-refractivity contribution in [2.45, 2.75) is 39.2 Å². The quantitative estimate of drug-likeness (QED) is 0.663. The molecule has 1 aromatic rings. The van der Waals surface area contributed by atoms with Crippen LogP contribution in [-0.4, -0.2) is 34.1 Å². The van der Waals surface area contributed by atoms with Crippen molar-refractivity contribution < 1.29 is 4.79 Å². The van der Waals surface area contributed by atoms with Gasteiger partial charge >= 0.3 is 0 Å². The number of carbonyl (C=O) groups is 1. The molecule has 1 rings (SSSR count). The lowest BCUT2D eigenvalue weighted by Crippen LogP contribution is -2.14. The third kappa shape index (κ3) is 4.10. The van der Waals surface area contributed by atoms with E-state index in [0.29, 0.717) is 12.8 Å². The molecule has 0 fully saturated rings. The normalized spacial score (nSPS) is 10.6. The molecule has 0 unspecified atom stereocenters.